The molecule has 1 amide bonds. The van der Waals surface area contributed by atoms with Gasteiger partial charge in [0, 0.05) is 24.7 Å². The predicted octanol–water partition coefficient (Wildman–Crippen LogP) is 3.30. The van der Waals surface area contributed by atoms with Crippen LogP contribution in [0.15, 0.2) is 30.3 Å². The summed E-state index contributed by atoms with van der Waals surface area (Å²) in [5.74, 6) is 0.427. The van der Waals surface area contributed by atoms with Crippen LogP contribution < -0.4 is 0 Å². The number of carbonyl (C=O) groups is 2. The molecule has 0 N–H and O–H groups in total. The number of amides is 1. The van der Waals surface area contributed by atoms with E-state index < -0.39 is 0 Å². The maximum absolute atomic E-state index is 12.7. The molecule has 1 aromatic heterocycles. The van der Waals surface area contributed by atoms with E-state index in [4.69, 9.17) is 4.74 Å². The quantitative estimate of drug-likeness (QED) is 0.788. The number of nitrogens with zero attached hydrogens (tertiary/aromatic N) is 2. The number of carbonyl (C=O) groups excluding carboxylic acids is 2. The standard InChI is InChI=1S/C20H24N2O3/c1-4-13-11-21(12(2)23)17-10-15(13)19(20(24)25-3)22-16-8-6-5-7-14(16)9-18(17)22/h5-9,13,15,17,19H,4,10-11H2,1-3H3/t13-,15+,17+,19-/m1/s1. The van der Waals surface area contributed by atoms with E-state index in [2.05, 4.69) is 29.7 Å². The van der Waals surface area contributed by atoms with Crippen LogP contribution in [-0.2, 0) is 14.3 Å². The Bertz CT molecular complexity index is 841. The summed E-state index contributed by atoms with van der Waals surface area (Å²) in [5, 5.41) is 1.11. The minimum atomic E-state index is -0.310. The summed E-state index contributed by atoms with van der Waals surface area (Å²) in [6, 6.07) is 9.98. The van der Waals surface area contributed by atoms with Gasteiger partial charge in [-0.3, -0.25) is 4.79 Å². The Morgan fingerprint density at radius 3 is 2.72 bits per heavy atom. The van der Waals surface area contributed by atoms with Crippen molar-refractivity contribution in [2.24, 2.45) is 11.8 Å². The highest BCUT2D eigenvalue weighted by molar-refractivity contribution is 5.86. The van der Waals surface area contributed by atoms with Gasteiger partial charge in [-0.2, -0.15) is 0 Å². The van der Waals surface area contributed by atoms with Crippen LogP contribution in [0.3, 0.4) is 0 Å². The number of rotatable bonds is 2. The van der Waals surface area contributed by atoms with Crippen LogP contribution in [0.4, 0.5) is 0 Å². The number of benzene rings is 1. The van der Waals surface area contributed by atoms with Gasteiger partial charge in [0.1, 0.15) is 6.04 Å². The molecule has 3 heterocycles. The average molecular weight is 340 g/mol. The summed E-state index contributed by atoms with van der Waals surface area (Å²) in [5.41, 5.74) is 2.10. The lowest BCUT2D eigenvalue weighted by Gasteiger charge is -2.50. The van der Waals surface area contributed by atoms with Crippen molar-refractivity contribution in [2.75, 3.05) is 13.7 Å². The van der Waals surface area contributed by atoms with E-state index in [9.17, 15) is 9.59 Å². The lowest BCUT2D eigenvalue weighted by molar-refractivity contribution is -0.152. The summed E-state index contributed by atoms with van der Waals surface area (Å²) in [7, 11) is 1.46. The molecular formula is C20H24N2O3. The molecule has 4 rings (SSSR count). The maximum Gasteiger partial charge on any atom is 0.329 e. The summed E-state index contributed by atoms with van der Waals surface area (Å²) in [4.78, 5) is 27.0. The monoisotopic (exact) mass is 340 g/mol. The van der Waals surface area contributed by atoms with Crippen LogP contribution in [0.1, 0.15) is 44.5 Å². The van der Waals surface area contributed by atoms with Gasteiger partial charge in [-0.05, 0) is 35.8 Å². The van der Waals surface area contributed by atoms with Gasteiger partial charge in [0.05, 0.1) is 13.2 Å². The van der Waals surface area contributed by atoms with Crippen LogP contribution in [-0.4, -0.2) is 35.0 Å². The number of para-hydroxylation sites is 1. The molecule has 2 aromatic rings. The van der Waals surface area contributed by atoms with Gasteiger partial charge in [0.2, 0.25) is 5.91 Å². The predicted molar refractivity (Wildman–Crippen MR) is 95.0 cm³/mol. The molecular weight excluding hydrogens is 316 g/mol. The van der Waals surface area contributed by atoms with Crippen LogP contribution in [0.2, 0.25) is 0 Å². The first kappa shape index (κ1) is 16.2. The number of fused-ring (bicyclic) bond motifs is 6. The van der Waals surface area contributed by atoms with E-state index in [1.165, 1.54) is 7.11 Å². The molecule has 0 radical (unpaired) electrons. The van der Waals surface area contributed by atoms with Crippen LogP contribution in [0.25, 0.3) is 10.9 Å². The smallest absolute Gasteiger partial charge is 0.329 e. The summed E-state index contributed by atoms with van der Waals surface area (Å²) >= 11 is 0. The molecule has 0 aliphatic carbocycles. The third-order valence-corrected chi connectivity index (χ3v) is 6.08. The normalized spacial score (nSPS) is 27.9. The first-order valence-corrected chi connectivity index (χ1v) is 9.01. The molecule has 0 unspecified atom stereocenters. The highest BCUT2D eigenvalue weighted by atomic mass is 16.5. The third-order valence-electron chi connectivity index (χ3n) is 6.08. The molecule has 1 saturated heterocycles. The Balaban J connectivity index is 1.96. The molecule has 5 nitrogen and oxygen atoms in total. The molecule has 1 aromatic carbocycles. The van der Waals surface area contributed by atoms with Gasteiger partial charge < -0.3 is 14.2 Å². The van der Waals surface area contributed by atoms with Crippen molar-refractivity contribution < 1.29 is 14.3 Å². The summed E-state index contributed by atoms with van der Waals surface area (Å²) in [6.45, 7) is 4.50. The highest BCUT2D eigenvalue weighted by Crippen LogP contribution is 2.50. The largest absolute Gasteiger partial charge is 0.467 e. The van der Waals surface area contributed by atoms with Crippen LogP contribution in [0.5, 0.6) is 0 Å². The van der Waals surface area contributed by atoms with Crippen molar-refractivity contribution in [3.8, 4) is 0 Å². The zero-order chi connectivity index (χ0) is 17.7. The van der Waals surface area contributed by atoms with Crippen molar-refractivity contribution in [1.82, 2.24) is 9.47 Å². The Morgan fingerprint density at radius 2 is 2.04 bits per heavy atom. The van der Waals surface area contributed by atoms with Crippen molar-refractivity contribution in [1.29, 1.82) is 0 Å². The lowest BCUT2D eigenvalue weighted by Crippen LogP contribution is -2.52. The molecule has 5 heteroatoms. The van der Waals surface area contributed by atoms with Gasteiger partial charge in [0.15, 0.2) is 0 Å². The second-order valence-electron chi connectivity index (χ2n) is 7.22. The fraction of sp³-hybridized carbons (Fsp3) is 0.500. The minimum absolute atomic E-state index is 0.0404. The van der Waals surface area contributed by atoms with E-state index in [0.717, 1.165) is 36.0 Å². The third kappa shape index (κ3) is 2.29. The molecule has 2 aliphatic rings. The maximum atomic E-state index is 12.7. The van der Waals surface area contributed by atoms with Gasteiger partial charge in [-0.25, -0.2) is 4.79 Å². The van der Waals surface area contributed by atoms with Crippen molar-refractivity contribution >= 4 is 22.8 Å². The molecule has 25 heavy (non-hydrogen) atoms. The Labute approximate surface area is 147 Å². The first-order valence-electron chi connectivity index (χ1n) is 9.01. The molecule has 1 fully saturated rings. The van der Waals surface area contributed by atoms with E-state index in [1.54, 1.807) is 6.92 Å². The SMILES string of the molecule is CC[C@@H]1CN(C(C)=O)[C@H]2C[C@@H]1[C@H](C(=O)OC)n1c2cc2ccccc21. The molecule has 0 saturated carbocycles. The van der Waals surface area contributed by atoms with Gasteiger partial charge in [-0.1, -0.05) is 31.5 Å². The number of ether oxygens (including phenoxy) is 1. The second-order valence-corrected chi connectivity index (χ2v) is 7.22. The molecule has 2 aliphatic heterocycles. The second kappa shape index (κ2) is 5.90. The van der Waals surface area contributed by atoms with Crippen molar-refractivity contribution in [3.05, 3.63) is 36.0 Å². The summed E-state index contributed by atoms with van der Waals surface area (Å²) < 4.78 is 7.32. The number of piperidine rings is 1. The number of likely N-dealkylation sites (tertiary alicyclic amines) is 1. The first-order chi connectivity index (χ1) is 12.1. The van der Waals surface area contributed by atoms with E-state index in [1.807, 2.05) is 17.0 Å². The molecule has 132 valence electrons. The fourth-order valence-corrected chi connectivity index (χ4v) is 4.90. The number of esters is 1. The summed E-state index contributed by atoms with van der Waals surface area (Å²) in [6.07, 6.45) is 1.78. The zero-order valence-corrected chi connectivity index (χ0v) is 14.9. The Hall–Kier alpha value is -2.30. The fourth-order valence-electron chi connectivity index (χ4n) is 4.90. The van der Waals surface area contributed by atoms with Crippen molar-refractivity contribution in [3.63, 3.8) is 0 Å². The Kier molecular flexibility index (Phi) is 3.82. The molecule has 0 spiro atoms. The van der Waals surface area contributed by atoms with E-state index in [0.29, 0.717) is 5.92 Å². The minimum Gasteiger partial charge on any atom is -0.467 e. The zero-order valence-electron chi connectivity index (χ0n) is 14.9. The average Bonchev–Trinajstić information content (AvgIpc) is 3.01. The van der Waals surface area contributed by atoms with Gasteiger partial charge in [0.25, 0.3) is 0 Å². The van der Waals surface area contributed by atoms with Crippen LogP contribution >= 0.6 is 0 Å². The van der Waals surface area contributed by atoms with Gasteiger partial charge >= 0.3 is 5.97 Å². The Morgan fingerprint density at radius 1 is 1.28 bits per heavy atom. The highest BCUT2D eigenvalue weighted by Gasteiger charge is 2.49. The number of hydrogen-bond acceptors (Lipinski definition) is 3. The number of hydrogen-bond donors (Lipinski definition) is 0. The molecule has 4 atom stereocenters. The van der Waals surface area contributed by atoms with Crippen molar-refractivity contribution in [2.45, 2.75) is 38.8 Å². The van der Waals surface area contributed by atoms with E-state index >= 15 is 0 Å². The number of aromatic nitrogens is 1. The van der Waals surface area contributed by atoms with Crippen LogP contribution in [0, 0.1) is 11.8 Å². The van der Waals surface area contributed by atoms with Gasteiger partial charge in [-0.15, -0.1) is 0 Å². The lowest BCUT2D eigenvalue weighted by atomic mass is 9.73. The van der Waals surface area contributed by atoms with E-state index in [-0.39, 0.29) is 29.9 Å². The topological polar surface area (TPSA) is 51.5 Å². The number of methoxy groups -OCH3 is 1. The molecule has 2 bridgehead atoms.